The second-order valence-electron chi connectivity index (χ2n) is 3.02. The van der Waals surface area contributed by atoms with Crippen molar-refractivity contribution >= 4 is 0 Å². The summed E-state index contributed by atoms with van der Waals surface area (Å²) in [6.45, 7) is 3.96. The van der Waals surface area contributed by atoms with Crippen LogP contribution >= 0.6 is 0 Å². The van der Waals surface area contributed by atoms with Crippen LogP contribution < -0.4 is 4.74 Å². The Morgan fingerprint density at radius 3 is 2.54 bits per heavy atom. The third kappa shape index (κ3) is 2.00. The Morgan fingerprint density at radius 1 is 1.38 bits per heavy atom. The summed E-state index contributed by atoms with van der Waals surface area (Å²) in [7, 11) is 1.62. The van der Waals surface area contributed by atoms with Gasteiger partial charge < -0.3 is 4.74 Å². The highest BCUT2D eigenvalue weighted by Crippen LogP contribution is 2.23. The molecule has 2 heteroatoms. The maximum Gasteiger partial charge on any atom is 0.119 e. The van der Waals surface area contributed by atoms with E-state index in [-0.39, 0.29) is 0 Å². The molecule has 0 aliphatic carbocycles. The lowest BCUT2D eigenvalue weighted by molar-refractivity contribution is 0.414. The van der Waals surface area contributed by atoms with Gasteiger partial charge in [-0.05, 0) is 23.8 Å². The second kappa shape index (κ2) is 3.95. The lowest BCUT2D eigenvalue weighted by Crippen LogP contribution is -1.94. The largest absolute Gasteiger partial charge is 0.497 e. The van der Waals surface area contributed by atoms with Crippen LogP contribution in [0.5, 0.6) is 5.75 Å². The molecule has 2 nitrogen and oxygen atoms in total. The van der Waals surface area contributed by atoms with Crippen molar-refractivity contribution in [2.75, 3.05) is 7.11 Å². The molecule has 0 heterocycles. The Morgan fingerprint density at radius 2 is 2.08 bits per heavy atom. The molecule has 13 heavy (non-hydrogen) atoms. The van der Waals surface area contributed by atoms with Crippen molar-refractivity contribution in [1.29, 1.82) is 5.26 Å². The summed E-state index contributed by atoms with van der Waals surface area (Å²) in [5.41, 5.74) is 1.66. The van der Waals surface area contributed by atoms with Crippen molar-refractivity contribution < 1.29 is 4.74 Å². The maximum atomic E-state index is 8.83. The standard InChI is InChI=1S/C11H12NO/c1-8(2)11-6-10(13-3)5-4-9(11)7-12/h4-6H,1-3H3. The molecule has 1 aromatic rings. The number of rotatable bonds is 2. The van der Waals surface area contributed by atoms with E-state index in [0.29, 0.717) is 5.56 Å². The molecule has 0 aliphatic heterocycles. The second-order valence-corrected chi connectivity index (χ2v) is 3.02. The zero-order valence-electron chi connectivity index (χ0n) is 8.09. The van der Waals surface area contributed by atoms with Gasteiger partial charge in [0.15, 0.2) is 0 Å². The van der Waals surface area contributed by atoms with E-state index >= 15 is 0 Å². The van der Waals surface area contributed by atoms with E-state index in [0.717, 1.165) is 17.2 Å². The molecule has 1 aromatic carbocycles. The van der Waals surface area contributed by atoms with Gasteiger partial charge in [-0.2, -0.15) is 5.26 Å². The molecule has 0 saturated heterocycles. The number of hydrogen-bond acceptors (Lipinski definition) is 2. The number of methoxy groups -OCH3 is 1. The van der Waals surface area contributed by atoms with Crippen molar-refractivity contribution in [3.05, 3.63) is 35.2 Å². The zero-order chi connectivity index (χ0) is 9.84. The first kappa shape index (κ1) is 9.60. The Labute approximate surface area is 78.8 Å². The van der Waals surface area contributed by atoms with Crippen LogP contribution in [-0.4, -0.2) is 7.11 Å². The number of nitrogens with zero attached hydrogens (tertiary/aromatic N) is 1. The van der Waals surface area contributed by atoms with Crippen molar-refractivity contribution in [3.8, 4) is 11.8 Å². The van der Waals surface area contributed by atoms with E-state index in [4.69, 9.17) is 10.00 Å². The first-order chi connectivity index (χ1) is 6.19. The van der Waals surface area contributed by atoms with Crippen LogP contribution in [0.2, 0.25) is 0 Å². The molecule has 0 aromatic heterocycles. The summed E-state index contributed by atoms with van der Waals surface area (Å²) in [4.78, 5) is 0. The highest BCUT2D eigenvalue weighted by Gasteiger charge is 2.07. The minimum atomic E-state index is 0.695. The molecule has 0 amide bonds. The summed E-state index contributed by atoms with van der Waals surface area (Å²) in [6, 6.07) is 7.61. The molecule has 0 bridgehead atoms. The van der Waals surface area contributed by atoms with E-state index in [9.17, 15) is 0 Å². The highest BCUT2D eigenvalue weighted by molar-refractivity contribution is 5.48. The SMILES string of the molecule is COc1ccc(C#N)c([C](C)C)c1. The highest BCUT2D eigenvalue weighted by atomic mass is 16.5. The summed E-state index contributed by atoms with van der Waals surface area (Å²) < 4.78 is 5.08. The Hall–Kier alpha value is -1.49. The van der Waals surface area contributed by atoms with Gasteiger partial charge in [-0.15, -0.1) is 0 Å². The summed E-state index contributed by atoms with van der Waals surface area (Å²) >= 11 is 0. The van der Waals surface area contributed by atoms with Gasteiger partial charge >= 0.3 is 0 Å². The topological polar surface area (TPSA) is 33.0 Å². The Bertz CT molecular complexity index is 336. The fourth-order valence-electron chi connectivity index (χ4n) is 1.16. The third-order valence-electron chi connectivity index (χ3n) is 1.89. The lowest BCUT2D eigenvalue weighted by atomic mass is 9.98. The first-order valence-electron chi connectivity index (χ1n) is 4.07. The summed E-state index contributed by atoms with van der Waals surface area (Å²) in [5.74, 6) is 1.91. The predicted molar refractivity (Wildman–Crippen MR) is 51.4 cm³/mol. The molecular weight excluding hydrogens is 162 g/mol. The molecule has 0 spiro atoms. The minimum Gasteiger partial charge on any atom is -0.497 e. The average Bonchev–Trinajstić information content (AvgIpc) is 2.16. The average molecular weight is 174 g/mol. The van der Waals surface area contributed by atoms with Gasteiger partial charge in [-0.1, -0.05) is 13.8 Å². The maximum absolute atomic E-state index is 8.83. The van der Waals surface area contributed by atoms with Gasteiger partial charge in [0.25, 0.3) is 0 Å². The monoisotopic (exact) mass is 174 g/mol. The Balaban J connectivity index is 3.20. The number of hydrogen-bond donors (Lipinski definition) is 0. The molecule has 1 rings (SSSR count). The molecule has 1 radical (unpaired) electrons. The van der Waals surface area contributed by atoms with Gasteiger partial charge in [0.05, 0.1) is 18.7 Å². The van der Waals surface area contributed by atoms with E-state index in [1.54, 1.807) is 19.2 Å². The van der Waals surface area contributed by atoms with Crippen LogP contribution in [0.1, 0.15) is 25.0 Å². The first-order valence-corrected chi connectivity index (χ1v) is 4.07. The molecule has 0 unspecified atom stereocenters. The summed E-state index contributed by atoms with van der Waals surface area (Å²) in [5, 5.41) is 8.83. The van der Waals surface area contributed by atoms with Gasteiger partial charge in [0, 0.05) is 5.92 Å². The normalized spacial score (nSPS) is 9.77. The molecule has 0 aliphatic rings. The summed E-state index contributed by atoms with van der Waals surface area (Å²) in [6.07, 6.45) is 0. The van der Waals surface area contributed by atoms with E-state index in [2.05, 4.69) is 6.07 Å². The van der Waals surface area contributed by atoms with Crippen LogP contribution in [0.25, 0.3) is 0 Å². The van der Waals surface area contributed by atoms with Crippen molar-refractivity contribution in [2.24, 2.45) is 0 Å². The lowest BCUT2D eigenvalue weighted by Gasteiger charge is -2.08. The molecule has 0 N–H and O–H groups in total. The molecule has 67 valence electrons. The van der Waals surface area contributed by atoms with Crippen LogP contribution in [0, 0.1) is 17.2 Å². The van der Waals surface area contributed by atoms with Gasteiger partial charge in [0.2, 0.25) is 0 Å². The van der Waals surface area contributed by atoms with Gasteiger partial charge in [-0.3, -0.25) is 0 Å². The van der Waals surface area contributed by atoms with Crippen LogP contribution in [0.3, 0.4) is 0 Å². The van der Waals surface area contributed by atoms with Crippen LogP contribution in [-0.2, 0) is 0 Å². The molecule has 0 fully saturated rings. The number of benzene rings is 1. The van der Waals surface area contributed by atoms with Gasteiger partial charge in [0.1, 0.15) is 5.75 Å². The van der Waals surface area contributed by atoms with E-state index in [1.807, 2.05) is 19.9 Å². The van der Waals surface area contributed by atoms with Crippen molar-refractivity contribution in [2.45, 2.75) is 13.8 Å². The molecular formula is C11H12NO. The van der Waals surface area contributed by atoms with Gasteiger partial charge in [-0.25, -0.2) is 0 Å². The molecule has 0 atom stereocenters. The van der Waals surface area contributed by atoms with Crippen LogP contribution in [0.4, 0.5) is 0 Å². The zero-order valence-corrected chi connectivity index (χ0v) is 8.09. The van der Waals surface area contributed by atoms with Crippen LogP contribution in [0.15, 0.2) is 18.2 Å². The van der Waals surface area contributed by atoms with Crippen molar-refractivity contribution in [3.63, 3.8) is 0 Å². The fourth-order valence-corrected chi connectivity index (χ4v) is 1.16. The quantitative estimate of drug-likeness (QED) is 0.690. The van der Waals surface area contributed by atoms with Crippen molar-refractivity contribution in [1.82, 2.24) is 0 Å². The van der Waals surface area contributed by atoms with E-state index in [1.165, 1.54) is 0 Å². The van der Waals surface area contributed by atoms with E-state index < -0.39 is 0 Å². The molecule has 0 saturated carbocycles. The predicted octanol–water partition coefficient (Wildman–Crippen LogP) is 2.53. The number of ether oxygens (including phenoxy) is 1. The minimum absolute atomic E-state index is 0.695. The number of nitriles is 1. The Kier molecular flexibility index (Phi) is 2.92. The third-order valence-corrected chi connectivity index (χ3v) is 1.89. The fraction of sp³-hybridized carbons (Fsp3) is 0.273. The smallest absolute Gasteiger partial charge is 0.119 e.